The largest absolute Gasteiger partial charge is 0.416 e. The quantitative estimate of drug-likeness (QED) is 0.691. The van der Waals surface area contributed by atoms with Gasteiger partial charge in [-0.1, -0.05) is 17.7 Å². The van der Waals surface area contributed by atoms with Crippen LogP contribution in [-0.2, 0) is 12.7 Å². The van der Waals surface area contributed by atoms with Gasteiger partial charge in [0, 0.05) is 18.9 Å². The van der Waals surface area contributed by atoms with Crippen molar-refractivity contribution in [2.24, 2.45) is 0 Å². The van der Waals surface area contributed by atoms with Crippen molar-refractivity contribution in [3.63, 3.8) is 0 Å². The number of hydrogen-bond acceptors (Lipinski definition) is 2. The van der Waals surface area contributed by atoms with Gasteiger partial charge in [0.15, 0.2) is 0 Å². The van der Waals surface area contributed by atoms with Crippen LogP contribution in [0.1, 0.15) is 27.0 Å². The maximum absolute atomic E-state index is 13.2. The van der Waals surface area contributed by atoms with E-state index in [0.29, 0.717) is 17.3 Å². The lowest BCUT2D eigenvalue weighted by atomic mass is 10.1. The number of rotatable bonds is 4. The van der Waals surface area contributed by atoms with Gasteiger partial charge in [-0.2, -0.15) is 13.2 Å². The van der Waals surface area contributed by atoms with Crippen molar-refractivity contribution in [2.45, 2.75) is 19.6 Å². The van der Waals surface area contributed by atoms with Crippen LogP contribution in [-0.4, -0.2) is 15.5 Å². The molecule has 1 aromatic heterocycles. The molecule has 3 aromatic rings. The van der Waals surface area contributed by atoms with Crippen molar-refractivity contribution in [2.75, 3.05) is 0 Å². The summed E-state index contributed by atoms with van der Waals surface area (Å²) in [6.45, 7) is 1.42. The van der Waals surface area contributed by atoms with E-state index in [-0.39, 0.29) is 12.1 Å². The average Bonchev–Trinajstić information content (AvgIpc) is 3.14. The van der Waals surface area contributed by atoms with E-state index in [2.05, 4.69) is 10.3 Å². The molecule has 27 heavy (non-hydrogen) atoms. The molecule has 0 spiro atoms. The lowest BCUT2D eigenvalue weighted by Gasteiger charge is -2.15. The van der Waals surface area contributed by atoms with E-state index in [4.69, 9.17) is 0 Å². The first-order chi connectivity index (χ1) is 12.8. The Bertz CT molecular complexity index is 966. The Balaban J connectivity index is 1.87. The minimum Gasteiger partial charge on any atom is -0.348 e. The number of imidazole rings is 1. The Morgan fingerprint density at radius 1 is 1.19 bits per heavy atom. The lowest BCUT2D eigenvalue weighted by Crippen LogP contribution is -2.26. The topological polar surface area (TPSA) is 46.9 Å². The number of halogens is 4. The molecular formula is C19H15F4N3O. The van der Waals surface area contributed by atoms with Crippen LogP contribution in [0.25, 0.3) is 5.69 Å². The first kappa shape index (κ1) is 18.6. The number of nitrogens with one attached hydrogen (secondary N) is 1. The van der Waals surface area contributed by atoms with Crippen LogP contribution in [0.5, 0.6) is 0 Å². The second kappa shape index (κ2) is 7.22. The summed E-state index contributed by atoms with van der Waals surface area (Å²) in [4.78, 5) is 16.5. The summed E-state index contributed by atoms with van der Waals surface area (Å²) in [5.74, 6) is -1.53. The van der Waals surface area contributed by atoms with Crippen molar-refractivity contribution in [1.82, 2.24) is 14.9 Å². The van der Waals surface area contributed by atoms with Crippen LogP contribution in [0.4, 0.5) is 17.6 Å². The van der Waals surface area contributed by atoms with Crippen LogP contribution in [0.2, 0.25) is 0 Å². The molecule has 0 aliphatic carbocycles. The van der Waals surface area contributed by atoms with E-state index < -0.39 is 23.5 Å². The number of aromatic nitrogens is 2. The van der Waals surface area contributed by atoms with Gasteiger partial charge in [0.25, 0.3) is 5.91 Å². The van der Waals surface area contributed by atoms with Gasteiger partial charge < -0.3 is 9.88 Å². The summed E-state index contributed by atoms with van der Waals surface area (Å²) in [6, 6.07) is 7.55. The zero-order valence-electron chi connectivity index (χ0n) is 14.2. The molecule has 0 fully saturated rings. The number of alkyl halides is 3. The summed E-state index contributed by atoms with van der Waals surface area (Å²) < 4.78 is 54.1. The molecule has 1 amide bonds. The molecule has 4 nitrogen and oxygen atoms in total. The van der Waals surface area contributed by atoms with Gasteiger partial charge in [-0.15, -0.1) is 0 Å². The summed E-state index contributed by atoms with van der Waals surface area (Å²) in [7, 11) is 0. The van der Waals surface area contributed by atoms with Crippen LogP contribution in [0.15, 0.2) is 55.1 Å². The van der Waals surface area contributed by atoms with E-state index in [1.807, 2.05) is 6.07 Å². The van der Waals surface area contributed by atoms with Gasteiger partial charge in [0.2, 0.25) is 0 Å². The fourth-order valence-corrected chi connectivity index (χ4v) is 2.70. The van der Waals surface area contributed by atoms with Gasteiger partial charge >= 0.3 is 6.18 Å². The van der Waals surface area contributed by atoms with Crippen molar-refractivity contribution >= 4 is 5.91 Å². The van der Waals surface area contributed by atoms with Crippen molar-refractivity contribution in [3.05, 3.63) is 83.2 Å². The fourth-order valence-electron chi connectivity index (χ4n) is 2.70. The maximum atomic E-state index is 13.2. The van der Waals surface area contributed by atoms with Gasteiger partial charge in [0.1, 0.15) is 5.82 Å². The highest BCUT2D eigenvalue weighted by atomic mass is 19.4. The minimum absolute atomic E-state index is 0.214. The number of aryl methyl sites for hydroxylation is 1. The van der Waals surface area contributed by atoms with E-state index in [9.17, 15) is 22.4 Å². The molecule has 0 bridgehead atoms. The Hall–Kier alpha value is -3.16. The Morgan fingerprint density at radius 3 is 2.63 bits per heavy atom. The first-order valence-electron chi connectivity index (χ1n) is 7.98. The average molecular weight is 377 g/mol. The third-order valence-corrected chi connectivity index (χ3v) is 4.00. The molecule has 0 radical (unpaired) electrons. The minimum atomic E-state index is -4.71. The molecule has 2 aromatic carbocycles. The highest BCUT2D eigenvalue weighted by Crippen LogP contribution is 2.32. The highest BCUT2D eigenvalue weighted by Gasteiger charge is 2.33. The highest BCUT2D eigenvalue weighted by molar-refractivity contribution is 5.98. The zero-order valence-corrected chi connectivity index (χ0v) is 14.2. The Labute approximate surface area is 152 Å². The molecule has 8 heteroatoms. The van der Waals surface area contributed by atoms with Crippen molar-refractivity contribution in [3.8, 4) is 5.69 Å². The summed E-state index contributed by atoms with van der Waals surface area (Å²) >= 11 is 0. The van der Waals surface area contributed by atoms with Gasteiger partial charge in [-0.05, 0) is 36.8 Å². The number of carbonyl (C=O) groups is 1. The Kier molecular flexibility index (Phi) is 4.98. The predicted molar refractivity (Wildman–Crippen MR) is 90.9 cm³/mol. The van der Waals surface area contributed by atoms with Gasteiger partial charge in [0.05, 0.1) is 23.1 Å². The molecule has 0 aliphatic heterocycles. The molecule has 1 N–H and O–H groups in total. The third kappa shape index (κ3) is 4.16. The molecular weight excluding hydrogens is 362 g/mol. The molecule has 0 saturated carbocycles. The number of amides is 1. The number of benzene rings is 2. The van der Waals surface area contributed by atoms with Crippen molar-refractivity contribution in [1.29, 1.82) is 0 Å². The van der Waals surface area contributed by atoms with E-state index >= 15 is 0 Å². The molecule has 3 rings (SSSR count). The predicted octanol–water partition coefficient (Wildman–Crippen LogP) is 4.27. The normalized spacial score (nSPS) is 11.4. The van der Waals surface area contributed by atoms with E-state index in [1.165, 1.54) is 6.33 Å². The van der Waals surface area contributed by atoms with Crippen LogP contribution in [0, 0.1) is 12.7 Å². The molecule has 0 unspecified atom stereocenters. The van der Waals surface area contributed by atoms with Crippen LogP contribution >= 0.6 is 0 Å². The third-order valence-electron chi connectivity index (χ3n) is 4.00. The van der Waals surface area contributed by atoms with Gasteiger partial charge in [-0.3, -0.25) is 4.79 Å². The fraction of sp³-hybridized carbons (Fsp3) is 0.158. The standard InChI is InChI=1S/C19H15F4N3O/c1-12-2-5-17(26-7-6-24-11-26)15(8-12)18(27)25-10-13-3-4-14(20)9-16(13)19(21,22)23/h2-9,11H,10H2,1H3,(H,25,27). The smallest absolute Gasteiger partial charge is 0.348 e. The number of carbonyl (C=O) groups excluding carboxylic acids is 1. The number of hydrogen-bond donors (Lipinski definition) is 1. The van der Waals surface area contributed by atoms with E-state index in [1.54, 1.807) is 36.0 Å². The second-order valence-electron chi connectivity index (χ2n) is 5.97. The first-order valence-corrected chi connectivity index (χ1v) is 7.98. The molecule has 140 valence electrons. The van der Waals surface area contributed by atoms with Crippen LogP contribution < -0.4 is 5.32 Å². The molecule has 0 aliphatic rings. The second-order valence-corrected chi connectivity index (χ2v) is 5.97. The lowest BCUT2D eigenvalue weighted by molar-refractivity contribution is -0.138. The molecule has 1 heterocycles. The Morgan fingerprint density at radius 2 is 1.96 bits per heavy atom. The maximum Gasteiger partial charge on any atom is 0.416 e. The number of nitrogens with zero attached hydrogens (tertiary/aromatic N) is 2. The van der Waals surface area contributed by atoms with Crippen molar-refractivity contribution < 1.29 is 22.4 Å². The monoisotopic (exact) mass is 377 g/mol. The summed E-state index contributed by atoms with van der Waals surface area (Å²) in [5.41, 5.74) is 0.340. The van der Waals surface area contributed by atoms with Crippen LogP contribution in [0.3, 0.4) is 0 Å². The zero-order chi connectivity index (χ0) is 19.6. The molecule has 0 atom stereocenters. The SMILES string of the molecule is Cc1ccc(-n2ccnc2)c(C(=O)NCc2ccc(F)cc2C(F)(F)F)c1. The summed E-state index contributed by atoms with van der Waals surface area (Å²) in [6.07, 6.45) is 0.00941. The molecule has 0 saturated heterocycles. The van der Waals surface area contributed by atoms with Gasteiger partial charge in [-0.25, -0.2) is 9.37 Å². The summed E-state index contributed by atoms with van der Waals surface area (Å²) in [5, 5.41) is 2.48. The van der Waals surface area contributed by atoms with E-state index in [0.717, 1.165) is 17.7 Å².